The molecule has 166 valence electrons. The first-order valence-electron chi connectivity index (χ1n) is 11.4. The van der Waals surface area contributed by atoms with Gasteiger partial charge in [0.2, 0.25) is 5.28 Å². The molecular formula is C31H20ClN3. The molecule has 0 aliphatic carbocycles. The van der Waals surface area contributed by atoms with E-state index in [4.69, 9.17) is 16.6 Å². The molecule has 0 fully saturated rings. The van der Waals surface area contributed by atoms with Crippen LogP contribution in [0.3, 0.4) is 0 Å². The summed E-state index contributed by atoms with van der Waals surface area (Å²) in [7, 11) is 0. The largest absolute Gasteiger partial charge is 0.226 e. The van der Waals surface area contributed by atoms with E-state index in [9.17, 15) is 0 Å². The van der Waals surface area contributed by atoms with Gasteiger partial charge in [0.15, 0.2) is 11.6 Å². The monoisotopic (exact) mass is 469 g/mol. The summed E-state index contributed by atoms with van der Waals surface area (Å²) >= 11 is 6.39. The van der Waals surface area contributed by atoms with E-state index >= 15 is 0 Å². The number of rotatable bonds is 4. The van der Waals surface area contributed by atoms with E-state index in [0.717, 1.165) is 38.8 Å². The van der Waals surface area contributed by atoms with Crippen molar-refractivity contribution in [1.82, 2.24) is 15.0 Å². The van der Waals surface area contributed by atoms with Crippen molar-refractivity contribution in [2.24, 2.45) is 0 Å². The van der Waals surface area contributed by atoms with E-state index in [1.54, 1.807) is 0 Å². The molecular weight excluding hydrogens is 450 g/mol. The molecule has 0 saturated heterocycles. The Morgan fingerprint density at radius 2 is 0.943 bits per heavy atom. The molecule has 0 spiro atoms. The molecule has 0 radical (unpaired) electrons. The molecule has 0 amide bonds. The van der Waals surface area contributed by atoms with Crippen LogP contribution in [-0.4, -0.2) is 15.0 Å². The van der Waals surface area contributed by atoms with Crippen molar-refractivity contribution >= 4 is 22.4 Å². The molecule has 0 saturated carbocycles. The fraction of sp³-hybridized carbons (Fsp3) is 0. The van der Waals surface area contributed by atoms with Crippen LogP contribution < -0.4 is 0 Å². The standard InChI is InChI=1S/C31H20ClN3/c32-31-34-29(25-16-15-21-9-7-8-14-24(21)19-25)33-30(35-31)26-17-18-27(22-10-3-1-4-11-22)28(20-26)23-12-5-2-6-13-23/h1-20H. The van der Waals surface area contributed by atoms with Crippen LogP contribution in [0.2, 0.25) is 5.28 Å². The van der Waals surface area contributed by atoms with Crippen molar-refractivity contribution in [3.63, 3.8) is 0 Å². The zero-order valence-electron chi connectivity index (χ0n) is 18.8. The predicted octanol–water partition coefficient (Wildman–Crippen LogP) is 8.35. The first-order chi connectivity index (χ1) is 17.2. The summed E-state index contributed by atoms with van der Waals surface area (Å²) in [6.07, 6.45) is 0. The van der Waals surface area contributed by atoms with Crippen molar-refractivity contribution < 1.29 is 0 Å². The van der Waals surface area contributed by atoms with E-state index < -0.39 is 0 Å². The molecule has 1 heterocycles. The molecule has 6 aromatic rings. The number of halogens is 1. The van der Waals surface area contributed by atoms with Crippen LogP contribution in [-0.2, 0) is 0 Å². The van der Waals surface area contributed by atoms with Crippen LogP contribution in [0.1, 0.15) is 0 Å². The average Bonchev–Trinajstić information content (AvgIpc) is 2.93. The van der Waals surface area contributed by atoms with Crippen LogP contribution >= 0.6 is 11.6 Å². The zero-order chi connectivity index (χ0) is 23.6. The van der Waals surface area contributed by atoms with E-state index in [1.165, 1.54) is 5.39 Å². The Hall–Kier alpha value is -4.34. The van der Waals surface area contributed by atoms with Gasteiger partial charge >= 0.3 is 0 Å². The molecule has 0 aliphatic heterocycles. The Balaban J connectivity index is 1.49. The smallest absolute Gasteiger partial charge is 0.208 e. The van der Waals surface area contributed by atoms with Crippen LogP contribution in [0, 0.1) is 0 Å². The molecule has 4 heteroatoms. The second kappa shape index (κ2) is 9.13. The van der Waals surface area contributed by atoms with Gasteiger partial charge in [0.25, 0.3) is 0 Å². The van der Waals surface area contributed by atoms with Crippen molar-refractivity contribution in [2.75, 3.05) is 0 Å². The third-order valence-corrected chi connectivity index (χ3v) is 6.23. The number of fused-ring (bicyclic) bond motifs is 1. The highest BCUT2D eigenvalue weighted by atomic mass is 35.5. The van der Waals surface area contributed by atoms with Crippen LogP contribution in [0.25, 0.3) is 55.8 Å². The van der Waals surface area contributed by atoms with Crippen molar-refractivity contribution in [3.8, 4) is 45.0 Å². The lowest BCUT2D eigenvalue weighted by Crippen LogP contribution is -1.98. The maximum Gasteiger partial charge on any atom is 0.226 e. The lowest BCUT2D eigenvalue weighted by atomic mass is 9.92. The third-order valence-electron chi connectivity index (χ3n) is 6.06. The highest BCUT2D eigenvalue weighted by Gasteiger charge is 2.14. The van der Waals surface area contributed by atoms with Crippen LogP contribution in [0.4, 0.5) is 0 Å². The molecule has 0 bridgehead atoms. The molecule has 0 aliphatic rings. The Labute approximate surface area is 208 Å². The molecule has 5 aromatic carbocycles. The third kappa shape index (κ3) is 4.30. The van der Waals surface area contributed by atoms with Crippen molar-refractivity contribution in [1.29, 1.82) is 0 Å². The fourth-order valence-electron chi connectivity index (χ4n) is 4.35. The van der Waals surface area contributed by atoms with Crippen molar-refractivity contribution in [3.05, 3.63) is 127 Å². The molecule has 6 rings (SSSR count). The van der Waals surface area contributed by atoms with Gasteiger partial charge in [-0.15, -0.1) is 0 Å². The molecule has 0 atom stereocenters. The molecule has 35 heavy (non-hydrogen) atoms. The van der Waals surface area contributed by atoms with Gasteiger partial charge in [-0.1, -0.05) is 109 Å². The van der Waals surface area contributed by atoms with E-state index in [2.05, 4.69) is 94.9 Å². The average molecular weight is 470 g/mol. The lowest BCUT2D eigenvalue weighted by Gasteiger charge is -2.13. The number of hydrogen-bond acceptors (Lipinski definition) is 3. The maximum absolute atomic E-state index is 6.39. The van der Waals surface area contributed by atoms with Crippen LogP contribution in [0.15, 0.2) is 121 Å². The van der Waals surface area contributed by atoms with E-state index in [1.807, 2.05) is 36.4 Å². The lowest BCUT2D eigenvalue weighted by molar-refractivity contribution is 1.07. The van der Waals surface area contributed by atoms with Gasteiger partial charge in [-0.25, -0.2) is 4.98 Å². The number of nitrogens with zero attached hydrogens (tertiary/aromatic N) is 3. The van der Waals surface area contributed by atoms with Gasteiger partial charge < -0.3 is 0 Å². The Morgan fingerprint density at radius 3 is 1.63 bits per heavy atom. The second-order valence-electron chi connectivity index (χ2n) is 8.31. The summed E-state index contributed by atoms with van der Waals surface area (Å²) < 4.78 is 0. The SMILES string of the molecule is Clc1nc(-c2ccc(-c3ccccc3)c(-c3ccccc3)c2)nc(-c2ccc3ccccc3c2)n1. The minimum Gasteiger partial charge on any atom is -0.208 e. The summed E-state index contributed by atoms with van der Waals surface area (Å²) in [6, 6.07) is 41.5. The number of benzene rings is 5. The normalized spacial score (nSPS) is 11.0. The molecule has 0 unspecified atom stereocenters. The first kappa shape index (κ1) is 21.2. The quantitative estimate of drug-likeness (QED) is 0.260. The number of hydrogen-bond donors (Lipinski definition) is 0. The fourth-order valence-corrected chi connectivity index (χ4v) is 4.51. The van der Waals surface area contributed by atoms with Gasteiger partial charge in [0, 0.05) is 11.1 Å². The summed E-state index contributed by atoms with van der Waals surface area (Å²) in [5.74, 6) is 1.10. The first-order valence-corrected chi connectivity index (χ1v) is 11.8. The summed E-state index contributed by atoms with van der Waals surface area (Å²) in [5.41, 5.74) is 6.33. The summed E-state index contributed by atoms with van der Waals surface area (Å²) in [6.45, 7) is 0. The van der Waals surface area contributed by atoms with E-state index in [-0.39, 0.29) is 5.28 Å². The minimum atomic E-state index is 0.173. The topological polar surface area (TPSA) is 38.7 Å². The van der Waals surface area contributed by atoms with Gasteiger partial charge in [-0.3, -0.25) is 0 Å². The Kier molecular flexibility index (Phi) is 5.53. The highest BCUT2D eigenvalue weighted by Crippen LogP contribution is 2.35. The van der Waals surface area contributed by atoms with Crippen LogP contribution in [0.5, 0.6) is 0 Å². The second-order valence-corrected chi connectivity index (χ2v) is 8.64. The predicted molar refractivity (Wildman–Crippen MR) is 144 cm³/mol. The highest BCUT2D eigenvalue weighted by molar-refractivity contribution is 6.28. The van der Waals surface area contributed by atoms with Gasteiger partial charge in [-0.05, 0) is 56.8 Å². The summed E-state index contributed by atoms with van der Waals surface area (Å²) in [4.78, 5) is 13.7. The van der Waals surface area contributed by atoms with Crippen molar-refractivity contribution in [2.45, 2.75) is 0 Å². The minimum absolute atomic E-state index is 0.173. The number of aromatic nitrogens is 3. The maximum atomic E-state index is 6.39. The zero-order valence-corrected chi connectivity index (χ0v) is 19.5. The Morgan fingerprint density at radius 1 is 0.400 bits per heavy atom. The van der Waals surface area contributed by atoms with Gasteiger partial charge in [0.05, 0.1) is 0 Å². The van der Waals surface area contributed by atoms with Gasteiger partial charge in [0.1, 0.15) is 0 Å². The van der Waals surface area contributed by atoms with E-state index in [0.29, 0.717) is 11.6 Å². The molecule has 3 nitrogen and oxygen atoms in total. The molecule has 0 N–H and O–H groups in total. The molecule has 1 aromatic heterocycles. The van der Waals surface area contributed by atoms with Gasteiger partial charge in [-0.2, -0.15) is 9.97 Å². The summed E-state index contributed by atoms with van der Waals surface area (Å²) in [5, 5.41) is 2.47. The Bertz CT molecular complexity index is 1650.